The molecule has 0 bridgehead atoms. The molecule has 3 rings (SSSR count). The molecule has 24 heavy (non-hydrogen) atoms. The number of amides is 1. The van der Waals surface area contributed by atoms with Gasteiger partial charge in [-0.25, -0.2) is 4.98 Å². The van der Waals surface area contributed by atoms with Crippen LogP contribution in [-0.2, 0) is 14.3 Å². The van der Waals surface area contributed by atoms with Crippen molar-refractivity contribution in [3.63, 3.8) is 0 Å². The molecular formula is C17H20N2O4S. The molecule has 0 saturated carbocycles. The van der Waals surface area contributed by atoms with Gasteiger partial charge >= 0.3 is 0 Å². The standard InChI is InChI=1S/C17H20N2O4S/c1-11(2)23-13-5-3-12(4-6-13)14-10-24-17(18-14)19-16(20)15-9-21-7-8-22-15/h3-6,10-11,15H,7-9H2,1-2H3,(H,18,19,20). The lowest BCUT2D eigenvalue weighted by molar-refractivity contribution is -0.142. The molecule has 1 fully saturated rings. The van der Waals surface area contributed by atoms with Gasteiger partial charge in [0.2, 0.25) is 0 Å². The Kier molecular flexibility index (Phi) is 5.44. The molecule has 1 aromatic heterocycles. The molecule has 1 N–H and O–H groups in total. The number of benzene rings is 1. The zero-order valence-corrected chi connectivity index (χ0v) is 14.5. The summed E-state index contributed by atoms with van der Waals surface area (Å²) in [5.74, 6) is 0.600. The Balaban J connectivity index is 1.63. The van der Waals surface area contributed by atoms with Crippen LogP contribution >= 0.6 is 11.3 Å². The predicted octanol–water partition coefficient (Wildman–Crippen LogP) is 2.95. The van der Waals surface area contributed by atoms with Crippen molar-refractivity contribution in [2.75, 3.05) is 25.1 Å². The van der Waals surface area contributed by atoms with E-state index in [0.29, 0.717) is 18.3 Å². The van der Waals surface area contributed by atoms with E-state index in [2.05, 4.69) is 10.3 Å². The first kappa shape index (κ1) is 16.9. The number of nitrogens with zero attached hydrogens (tertiary/aromatic N) is 1. The van der Waals surface area contributed by atoms with E-state index in [1.54, 1.807) is 0 Å². The summed E-state index contributed by atoms with van der Waals surface area (Å²) in [6.45, 7) is 5.23. The Morgan fingerprint density at radius 2 is 2.12 bits per heavy atom. The second-order valence-corrected chi connectivity index (χ2v) is 6.51. The van der Waals surface area contributed by atoms with Crippen molar-refractivity contribution < 1.29 is 19.0 Å². The van der Waals surface area contributed by atoms with Crippen LogP contribution in [0.25, 0.3) is 11.3 Å². The fraction of sp³-hybridized carbons (Fsp3) is 0.412. The van der Waals surface area contributed by atoms with Gasteiger partial charge in [-0.05, 0) is 38.1 Å². The lowest BCUT2D eigenvalue weighted by Gasteiger charge is -2.21. The summed E-state index contributed by atoms with van der Waals surface area (Å²) in [6, 6.07) is 7.74. The summed E-state index contributed by atoms with van der Waals surface area (Å²) in [5, 5.41) is 5.23. The van der Waals surface area contributed by atoms with Crippen LogP contribution in [0.15, 0.2) is 29.6 Å². The summed E-state index contributed by atoms with van der Waals surface area (Å²) in [5.41, 5.74) is 1.78. The molecule has 7 heteroatoms. The van der Waals surface area contributed by atoms with Gasteiger partial charge in [0, 0.05) is 10.9 Å². The average molecular weight is 348 g/mol. The van der Waals surface area contributed by atoms with Crippen LogP contribution in [0.4, 0.5) is 5.13 Å². The number of anilines is 1. The fourth-order valence-corrected chi connectivity index (χ4v) is 2.99. The number of carbonyl (C=O) groups excluding carboxylic acids is 1. The molecule has 2 heterocycles. The van der Waals surface area contributed by atoms with Crippen molar-refractivity contribution in [3.05, 3.63) is 29.6 Å². The third-order valence-corrected chi connectivity index (χ3v) is 4.12. The summed E-state index contributed by atoms with van der Waals surface area (Å²) in [4.78, 5) is 16.5. The van der Waals surface area contributed by atoms with Crippen molar-refractivity contribution in [2.24, 2.45) is 0 Å². The zero-order valence-electron chi connectivity index (χ0n) is 13.7. The molecule has 1 amide bonds. The van der Waals surface area contributed by atoms with Crippen molar-refractivity contribution in [1.82, 2.24) is 4.98 Å². The van der Waals surface area contributed by atoms with Crippen molar-refractivity contribution in [2.45, 2.75) is 26.1 Å². The number of rotatable bonds is 5. The quantitative estimate of drug-likeness (QED) is 0.900. The Morgan fingerprint density at radius 3 is 2.79 bits per heavy atom. The Hall–Kier alpha value is -1.96. The second-order valence-electron chi connectivity index (χ2n) is 5.65. The molecule has 2 aromatic rings. The molecule has 1 aliphatic rings. The zero-order chi connectivity index (χ0) is 16.9. The largest absolute Gasteiger partial charge is 0.491 e. The lowest BCUT2D eigenvalue weighted by Crippen LogP contribution is -2.39. The van der Waals surface area contributed by atoms with Crippen molar-refractivity contribution in [1.29, 1.82) is 0 Å². The van der Waals surface area contributed by atoms with Gasteiger partial charge in [0.1, 0.15) is 5.75 Å². The lowest BCUT2D eigenvalue weighted by atomic mass is 10.2. The van der Waals surface area contributed by atoms with Gasteiger partial charge in [-0.15, -0.1) is 11.3 Å². The van der Waals surface area contributed by atoms with E-state index >= 15 is 0 Å². The number of hydrogen-bond acceptors (Lipinski definition) is 6. The van der Waals surface area contributed by atoms with Crippen LogP contribution in [0, 0.1) is 0 Å². The van der Waals surface area contributed by atoms with Crippen LogP contribution in [0.3, 0.4) is 0 Å². The van der Waals surface area contributed by atoms with Gasteiger partial charge in [0.25, 0.3) is 5.91 Å². The van der Waals surface area contributed by atoms with E-state index in [4.69, 9.17) is 14.2 Å². The third kappa shape index (κ3) is 4.31. The monoisotopic (exact) mass is 348 g/mol. The van der Waals surface area contributed by atoms with E-state index in [0.717, 1.165) is 17.0 Å². The Morgan fingerprint density at radius 1 is 1.33 bits per heavy atom. The first-order valence-electron chi connectivity index (χ1n) is 7.84. The summed E-state index contributed by atoms with van der Waals surface area (Å²) >= 11 is 1.38. The summed E-state index contributed by atoms with van der Waals surface area (Å²) < 4.78 is 16.2. The average Bonchev–Trinajstić information content (AvgIpc) is 3.04. The maximum atomic E-state index is 12.1. The minimum Gasteiger partial charge on any atom is -0.491 e. The van der Waals surface area contributed by atoms with Crippen LogP contribution in [-0.4, -0.2) is 42.9 Å². The van der Waals surface area contributed by atoms with E-state index in [1.165, 1.54) is 11.3 Å². The summed E-state index contributed by atoms with van der Waals surface area (Å²) in [6.07, 6.45) is -0.429. The molecule has 0 radical (unpaired) electrons. The minimum atomic E-state index is -0.571. The van der Waals surface area contributed by atoms with Gasteiger partial charge in [-0.3, -0.25) is 10.1 Å². The normalized spacial score (nSPS) is 17.7. The Labute approximate surface area is 144 Å². The first-order valence-corrected chi connectivity index (χ1v) is 8.72. The van der Waals surface area contributed by atoms with Crippen LogP contribution in [0.2, 0.25) is 0 Å². The molecule has 1 aromatic carbocycles. The SMILES string of the molecule is CC(C)Oc1ccc(-c2csc(NC(=O)C3COCCO3)n2)cc1. The van der Waals surface area contributed by atoms with Crippen LogP contribution < -0.4 is 10.1 Å². The smallest absolute Gasteiger partial charge is 0.257 e. The molecule has 1 atom stereocenters. The van der Waals surface area contributed by atoms with Gasteiger partial charge in [0.15, 0.2) is 11.2 Å². The van der Waals surface area contributed by atoms with Gasteiger partial charge in [-0.2, -0.15) is 0 Å². The molecule has 1 aliphatic heterocycles. The molecule has 128 valence electrons. The number of aromatic nitrogens is 1. The van der Waals surface area contributed by atoms with E-state index in [9.17, 15) is 4.79 Å². The first-order chi connectivity index (χ1) is 11.6. The molecule has 1 unspecified atom stereocenters. The second kappa shape index (κ2) is 7.74. The molecule has 0 spiro atoms. The van der Waals surface area contributed by atoms with Gasteiger partial charge < -0.3 is 14.2 Å². The predicted molar refractivity (Wildman–Crippen MR) is 92.5 cm³/mol. The minimum absolute atomic E-state index is 0.142. The molecule has 1 saturated heterocycles. The topological polar surface area (TPSA) is 69.7 Å². The summed E-state index contributed by atoms with van der Waals surface area (Å²) in [7, 11) is 0. The van der Waals surface area contributed by atoms with E-state index in [1.807, 2.05) is 43.5 Å². The highest BCUT2D eigenvalue weighted by atomic mass is 32.1. The number of hydrogen-bond donors (Lipinski definition) is 1. The van der Waals surface area contributed by atoms with Crippen LogP contribution in [0.1, 0.15) is 13.8 Å². The highest BCUT2D eigenvalue weighted by Crippen LogP contribution is 2.27. The van der Waals surface area contributed by atoms with E-state index in [-0.39, 0.29) is 18.6 Å². The van der Waals surface area contributed by atoms with Crippen molar-refractivity contribution in [3.8, 4) is 17.0 Å². The van der Waals surface area contributed by atoms with Gasteiger partial charge in [-0.1, -0.05) is 0 Å². The molecule has 0 aliphatic carbocycles. The van der Waals surface area contributed by atoms with Crippen molar-refractivity contribution >= 4 is 22.4 Å². The highest BCUT2D eigenvalue weighted by molar-refractivity contribution is 7.14. The maximum absolute atomic E-state index is 12.1. The third-order valence-electron chi connectivity index (χ3n) is 3.36. The number of thiazole rings is 1. The maximum Gasteiger partial charge on any atom is 0.257 e. The molecular weight excluding hydrogens is 328 g/mol. The fourth-order valence-electron chi connectivity index (χ4n) is 2.27. The molecule has 6 nitrogen and oxygen atoms in total. The van der Waals surface area contributed by atoms with Crippen LogP contribution in [0.5, 0.6) is 5.75 Å². The highest BCUT2D eigenvalue weighted by Gasteiger charge is 2.23. The number of carbonyl (C=O) groups is 1. The Bertz CT molecular complexity index is 678. The number of nitrogens with one attached hydrogen (secondary N) is 1. The van der Waals surface area contributed by atoms with Gasteiger partial charge in [0.05, 0.1) is 31.6 Å². The van der Waals surface area contributed by atoms with E-state index < -0.39 is 6.10 Å². The number of ether oxygens (including phenoxy) is 3.